The van der Waals surface area contributed by atoms with Crippen LogP contribution in [0.25, 0.3) is 11.0 Å². The van der Waals surface area contributed by atoms with Gasteiger partial charge < -0.3 is 10.2 Å². The molecule has 0 atom stereocenters. The highest BCUT2D eigenvalue weighted by Gasteiger charge is 2.21. The highest BCUT2D eigenvalue weighted by molar-refractivity contribution is 6.05. The van der Waals surface area contributed by atoms with Gasteiger partial charge in [-0.2, -0.15) is 0 Å². The highest BCUT2D eigenvalue weighted by Crippen LogP contribution is 2.20. The molecule has 186 valence electrons. The number of aryl methyl sites for hydroxylation is 2. The van der Waals surface area contributed by atoms with Gasteiger partial charge in [0.15, 0.2) is 0 Å². The van der Waals surface area contributed by atoms with E-state index in [9.17, 15) is 23.6 Å². The molecule has 0 saturated carbocycles. The van der Waals surface area contributed by atoms with Crippen LogP contribution in [0.4, 0.5) is 10.1 Å². The first-order valence-corrected chi connectivity index (χ1v) is 11.5. The maximum Gasteiger partial charge on any atom is 0.332 e. The van der Waals surface area contributed by atoms with Crippen molar-refractivity contribution in [1.82, 2.24) is 23.9 Å². The second-order valence-corrected chi connectivity index (χ2v) is 8.75. The van der Waals surface area contributed by atoms with Crippen LogP contribution >= 0.6 is 0 Å². The number of pyridine rings is 1. The molecule has 11 heteroatoms. The minimum absolute atomic E-state index is 0.0264. The molecule has 4 rings (SSSR count). The highest BCUT2D eigenvalue weighted by atomic mass is 19.1. The number of aromatic nitrogens is 3. The van der Waals surface area contributed by atoms with E-state index in [4.69, 9.17) is 0 Å². The number of carbonyl (C=O) groups excluding carboxylic acids is 1. The monoisotopic (exact) mass is 484 g/mol. The number of anilines is 1. The molecule has 0 unspecified atom stereocenters. The molecule has 0 aliphatic carbocycles. The summed E-state index contributed by atoms with van der Waals surface area (Å²) < 4.78 is 17.3. The van der Waals surface area contributed by atoms with Gasteiger partial charge in [-0.3, -0.25) is 33.0 Å². The van der Waals surface area contributed by atoms with Gasteiger partial charge in [-0.05, 0) is 25.1 Å². The van der Waals surface area contributed by atoms with E-state index < -0.39 is 22.7 Å². The Kier molecular flexibility index (Phi) is 6.88. The lowest BCUT2D eigenvalue weighted by Gasteiger charge is -2.36. The third kappa shape index (κ3) is 4.63. The fourth-order valence-electron chi connectivity index (χ4n) is 4.56. The smallest absolute Gasteiger partial charge is 0.332 e. The summed E-state index contributed by atoms with van der Waals surface area (Å²) in [6, 6.07) is 7.89. The number of amides is 1. The molecule has 1 saturated heterocycles. The lowest BCUT2D eigenvalue weighted by Crippen LogP contribution is -2.47. The van der Waals surface area contributed by atoms with Crippen molar-refractivity contribution in [1.29, 1.82) is 0 Å². The predicted octanol–water partition coefficient (Wildman–Crippen LogP) is 0.0171. The molecule has 1 N–H and O–H groups in total. The van der Waals surface area contributed by atoms with Crippen LogP contribution in [-0.4, -0.2) is 63.8 Å². The summed E-state index contributed by atoms with van der Waals surface area (Å²) in [7, 11) is 4.25. The van der Waals surface area contributed by atoms with Crippen molar-refractivity contribution >= 4 is 22.6 Å². The zero-order valence-electron chi connectivity index (χ0n) is 20.1. The summed E-state index contributed by atoms with van der Waals surface area (Å²) in [5, 5.41) is 2.82. The Labute approximate surface area is 200 Å². The number of halogens is 1. The van der Waals surface area contributed by atoms with Gasteiger partial charge in [0, 0.05) is 59.9 Å². The minimum Gasteiger partial charge on any atom is -0.367 e. The molecular weight excluding hydrogens is 455 g/mol. The van der Waals surface area contributed by atoms with Gasteiger partial charge in [0.2, 0.25) is 0 Å². The minimum atomic E-state index is -0.628. The fourth-order valence-corrected chi connectivity index (χ4v) is 4.56. The van der Waals surface area contributed by atoms with Crippen LogP contribution in [0.1, 0.15) is 16.8 Å². The van der Waals surface area contributed by atoms with E-state index >= 15 is 0 Å². The number of carbonyl (C=O) groups is 1. The second-order valence-electron chi connectivity index (χ2n) is 8.75. The van der Waals surface area contributed by atoms with Crippen molar-refractivity contribution < 1.29 is 9.18 Å². The van der Waals surface area contributed by atoms with E-state index in [0.717, 1.165) is 30.3 Å². The number of benzene rings is 1. The maximum atomic E-state index is 14.0. The van der Waals surface area contributed by atoms with Crippen molar-refractivity contribution in [2.24, 2.45) is 21.1 Å². The largest absolute Gasteiger partial charge is 0.367 e. The fraction of sp³-hybridized carbons (Fsp3) is 0.417. The quantitative estimate of drug-likeness (QED) is 0.495. The summed E-state index contributed by atoms with van der Waals surface area (Å²) in [4.78, 5) is 54.7. The van der Waals surface area contributed by atoms with E-state index in [0.29, 0.717) is 31.7 Å². The van der Waals surface area contributed by atoms with E-state index in [1.54, 1.807) is 12.1 Å². The van der Waals surface area contributed by atoms with Gasteiger partial charge in [-0.15, -0.1) is 0 Å². The summed E-state index contributed by atoms with van der Waals surface area (Å²) >= 11 is 0. The predicted molar refractivity (Wildman–Crippen MR) is 132 cm³/mol. The first-order valence-electron chi connectivity index (χ1n) is 11.5. The number of hydrogen-bond donors (Lipinski definition) is 1. The van der Waals surface area contributed by atoms with Crippen molar-refractivity contribution in [3.8, 4) is 0 Å². The molecule has 1 fully saturated rings. The normalized spacial score (nSPS) is 14.5. The zero-order chi connectivity index (χ0) is 25.3. The number of nitrogens with one attached hydrogen (secondary N) is 1. The van der Waals surface area contributed by atoms with Crippen LogP contribution in [0, 0.1) is 5.82 Å². The van der Waals surface area contributed by atoms with Crippen molar-refractivity contribution in [3.63, 3.8) is 0 Å². The van der Waals surface area contributed by atoms with Gasteiger partial charge in [-0.25, -0.2) is 9.18 Å². The molecule has 1 aliphatic rings. The van der Waals surface area contributed by atoms with Gasteiger partial charge in [0.1, 0.15) is 11.5 Å². The average molecular weight is 485 g/mol. The Morgan fingerprint density at radius 2 is 1.66 bits per heavy atom. The Balaban J connectivity index is 1.39. The molecule has 1 amide bonds. The van der Waals surface area contributed by atoms with Crippen LogP contribution in [0.3, 0.4) is 0 Å². The molecule has 1 aliphatic heterocycles. The van der Waals surface area contributed by atoms with E-state index in [-0.39, 0.29) is 22.4 Å². The molecule has 3 aromatic rings. The van der Waals surface area contributed by atoms with Gasteiger partial charge in [0.25, 0.3) is 17.0 Å². The maximum absolute atomic E-state index is 14.0. The number of nitrogens with zero attached hydrogens (tertiary/aromatic N) is 5. The average Bonchev–Trinajstić information content (AvgIpc) is 2.86. The number of hydrogen-bond acceptors (Lipinski definition) is 6. The second kappa shape index (κ2) is 9.87. The third-order valence-electron chi connectivity index (χ3n) is 6.57. The molecule has 2 aromatic heterocycles. The van der Waals surface area contributed by atoms with Crippen molar-refractivity contribution in [2.45, 2.75) is 6.42 Å². The Morgan fingerprint density at radius 1 is 0.971 bits per heavy atom. The molecule has 0 bridgehead atoms. The van der Waals surface area contributed by atoms with Crippen LogP contribution in [0.15, 0.2) is 44.7 Å². The van der Waals surface area contributed by atoms with Gasteiger partial charge >= 0.3 is 5.69 Å². The van der Waals surface area contributed by atoms with E-state index in [1.807, 2.05) is 11.0 Å². The number of fused-ring (bicyclic) bond motifs is 1. The molecule has 3 heterocycles. The Morgan fingerprint density at radius 3 is 2.34 bits per heavy atom. The number of rotatable bonds is 6. The molecule has 1 aromatic carbocycles. The number of piperazine rings is 1. The summed E-state index contributed by atoms with van der Waals surface area (Å²) in [6.07, 6.45) is 0.671. The zero-order valence-corrected chi connectivity index (χ0v) is 20.1. The standard InChI is InChI=1S/C24H29FN6O4/c1-27-19(32)15-16(20-22(27)28(2)24(35)29(3)23(20)34)21(33)26-9-6-10-30-11-13-31(14-12-30)18-8-5-4-7-17(18)25/h4-5,7-8,15H,6,9-14H2,1-3H3,(H,26,33). The van der Waals surface area contributed by atoms with E-state index in [2.05, 4.69) is 10.2 Å². The number of para-hydroxylation sites is 1. The first kappa shape index (κ1) is 24.4. The van der Waals surface area contributed by atoms with Gasteiger partial charge in [-0.1, -0.05) is 12.1 Å². The summed E-state index contributed by atoms with van der Waals surface area (Å²) in [5.74, 6) is -0.755. The molecule has 35 heavy (non-hydrogen) atoms. The summed E-state index contributed by atoms with van der Waals surface area (Å²) in [6.45, 7) is 4.11. The van der Waals surface area contributed by atoms with Crippen molar-refractivity contribution in [3.05, 3.63) is 72.9 Å². The molecular formula is C24H29FN6O4. The lowest BCUT2D eigenvalue weighted by molar-refractivity contribution is 0.0952. The Hall–Kier alpha value is -3.73. The summed E-state index contributed by atoms with van der Waals surface area (Å²) in [5.41, 5.74) is -1.02. The van der Waals surface area contributed by atoms with Crippen LogP contribution < -0.4 is 27.0 Å². The SMILES string of the molecule is Cn1c(=O)c2c(C(=O)NCCCN3CCN(c4ccccc4F)CC3)cc(=O)n(C)c2n(C)c1=O. The van der Waals surface area contributed by atoms with Crippen molar-refractivity contribution in [2.75, 3.05) is 44.2 Å². The molecule has 0 spiro atoms. The first-order chi connectivity index (χ1) is 16.7. The lowest BCUT2D eigenvalue weighted by atomic mass is 10.1. The van der Waals surface area contributed by atoms with E-state index in [1.165, 1.54) is 36.3 Å². The van der Waals surface area contributed by atoms with Crippen LogP contribution in [0.2, 0.25) is 0 Å². The molecule has 0 radical (unpaired) electrons. The van der Waals surface area contributed by atoms with Crippen LogP contribution in [-0.2, 0) is 21.1 Å². The molecule has 10 nitrogen and oxygen atoms in total. The topological polar surface area (TPSA) is 102 Å². The van der Waals surface area contributed by atoms with Crippen LogP contribution in [0.5, 0.6) is 0 Å². The Bertz CT molecular complexity index is 1450. The van der Waals surface area contributed by atoms with Gasteiger partial charge in [0.05, 0.1) is 16.6 Å². The third-order valence-corrected chi connectivity index (χ3v) is 6.57.